The highest BCUT2D eigenvalue weighted by atomic mass is 35.5. The summed E-state index contributed by atoms with van der Waals surface area (Å²) in [4.78, 5) is 37.3. The molecule has 8 heteroatoms. The molecule has 0 radical (unpaired) electrons. The largest absolute Gasteiger partial charge is 0.352 e. The van der Waals surface area contributed by atoms with Crippen molar-refractivity contribution in [1.29, 1.82) is 0 Å². The smallest absolute Gasteiger partial charge is 0.275 e. The predicted molar refractivity (Wildman–Crippen MR) is 109 cm³/mol. The van der Waals surface area contributed by atoms with E-state index in [1.807, 2.05) is 13.0 Å². The highest BCUT2D eigenvalue weighted by Crippen LogP contribution is 2.21. The molecule has 0 saturated heterocycles. The van der Waals surface area contributed by atoms with Gasteiger partial charge >= 0.3 is 0 Å². The summed E-state index contributed by atoms with van der Waals surface area (Å²) in [7, 11) is 0. The first-order chi connectivity index (χ1) is 13.5. The minimum Gasteiger partial charge on any atom is -0.352 e. The quantitative estimate of drug-likeness (QED) is 0.667. The maximum atomic E-state index is 12.5. The molecule has 0 atom stereocenters. The second-order valence-electron chi connectivity index (χ2n) is 6.19. The lowest BCUT2D eigenvalue weighted by molar-refractivity contribution is -0.117. The highest BCUT2D eigenvalue weighted by molar-refractivity contribution is 6.31. The first-order valence-corrected chi connectivity index (χ1v) is 9.20. The number of nitrogens with zero attached hydrogens (tertiary/aromatic N) is 2. The van der Waals surface area contributed by atoms with Gasteiger partial charge in [-0.05, 0) is 30.7 Å². The Morgan fingerprint density at radius 3 is 2.75 bits per heavy atom. The Hall–Kier alpha value is -3.19. The van der Waals surface area contributed by atoms with Gasteiger partial charge in [0, 0.05) is 17.0 Å². The first kappa shape index (κ1) is 19.6. The summed E-state index contributed by atoms with van der Waals surface area (Å²) in [5.41, 5.74) is 0.213. The number of nitrogens with one attached hydrogen (secondary N) is 2. The van der Waals surface area contributed by atoms with Crippen LogP contribution in [0.1, 0.15) is 23.7 Å². The molecule has 0 bridgehead atoms. The lowest BCUT2D eigenvalue weighted by Gasteiger charge is -2.12. The lowest BCUT2D eigenvalue weighted by Crippen LogP contribution is -2.30. The molecular weight excluding hydrogens is 380 g/mol. The van der Waals surface area contributed by atoms with E-state index in [9.17, 15) is 14.4 Å². The van der Waals surface area contributed by atoms with Crippen molar-refractivity contribution in [2.45, 2.75) is 19.9 Å². The average molecular weight is 399 g/mol. The number of anilines is 1. The Balaban J connectivity index is 1.82. The second-order valence-corrected chi connectivity index (χ2v) is 6.63. The van der Waals surface area contributed by atoms with E-state index in [0.717, 1.165) is 11.1 Å². The van der Waals surface area contributed by atoms with Gasteiger partial charge in [-0.3, -0.25) is 14.4 Å². The summed E-state index contributed by atoms with van der Waals surface area (Å²) in [5, 5.41) is 11.0. The van der Waals surface area contributed by atoms with Crippen molar-refractivity contribution in [3.8, 4) is 0 Å². The fourth-order valence-electron chi connectivity index (χ4n) is 2.72. The van der Waals surface area contributed by atoms with E-state index in [2.05, 4.69) is 15.7 Å². The summed E-state index contributed by atoms with van der Waals surface area (Å²) in [6.45, 7) is 2.18. The fraction of sp³-hybridized carbons (Fsp3) is 0.200. The zero-order chi connectivity index (χ0) is 20.1. The van der Waals surface area contributed by atoms with E-state index in [0.29, 0.717) is 27.9 Å². The number of rotatable bonds is 6. The van der Waals surface area contributed by atoms with Crippen molar-refractivity contribution >= 4 is 39.9 Å². The van der Waals surface area contributed by atoms with Crippen LogP contribution in [-0.4, -0.2) is 28.1 Å². The average Bonchev–Trinajstić information content (AvgIpc) is 2.68. The molecule has 0 saturated carbocycles. The number of carbonyl (C=O) groups is 2. The van der Waals surface area contributed by atoms with Crippen LogP contribution in [0.25, 0.3) is 10.8 Å². The number of amides is 2. The molecular formula is C20H19ClN4O3. The number of carbonyl (C=O) groups excluding carboxylic acids is 2. The number of hydrogen-bond acceptors (Lipinski definition) is 4. The van der Waals surface area contributed by atoms with Crippen LogP contribution in [0.3, 0.4) is 0 Å². The number of fused-ring (bicyclic) bond motifs is 1. The molecule has 1 aromatic heterocycles. The van der Waals surface area contributed by atoms with Gasteiger partial charge in [0.1, 0.15) is 6.54 Å². The topological polar surface area (TPSA) is 93.1 Å². The van der Waals surface area contributed by atoms with Gasteiger partial charge in [-0.15, -0.1) is 0 Å². The van der Waals surface area contributed by atoms with Crippen LogP contribution >= 0.6 is 11.6 Å². The number of benzene rings is 2. The minimum atomic E-state index is -0.489. The number of halogens is 1. The molecule has 2 aromatic carbocycles. The molecule has 0 aliphatic rings. The van der Waals surface area contributed by atoms with Crippen LogP contribution in [0.2, 0.25) is 5.02 Å². The van der Waals surface area contributed by atoms with E-state index in [1.165, 1.54) is 12.3 Å². The molecule has 0 spiro atoms. The van der Waals surface area contributed by atoms with Crippen molar-refractivity contribution in [3.63, 3.8) is 0 Å². The summed E-state index contributed by atoms with van der Waals surface area (Å²) < 4.78 is 1.08. The number of hydrogen-bond donors (Lipinski definition) is 2. The van der Waals surface area contributed by atoms with Gasteiger partial charge in [-0.1, -0.05) is 36.7 Å². The molecule has 0 aliphatic heterocycles. The van der Waals surface area contributed by atoms with Crippen LogP contribution in [0.4, 0.5) is 5.69 Å². The normalized spacial score (nSPS) is 10.6. The number of aromatic nitrogens is 2. The van der Waals surface area contributed by atoms with E-state index in [4.69, 9.17) is 11.6 Å². The van der Waals surface area contributed by atoms with Gasteiger partial charge in [0.2, 0.25) is 5.91 Å². The summed E-state index contributed by atoms with van der Waals surface area (Å²) in [6.07, 6.45) is 2.32. The maximum absolute atomic E-state index is 12.5. The van der Waals surface area contributed by atoms with Crippen molar-refractivity contribution in [1.82, 2.24) is 15.1 Å². The molecule has 3 rings (SSSR count). The maximum Gasteiger partial charge on any atom is 0.275 e. The summed E-state index contributed by atoms with van der Waals surface area (Å²) in [6, 6.07) is 11.6. The Labute approximate surface area is 166 Å². The van der Waals surface area contributed by atoms with E-state index in [1.54, 1.807) is 30.3 Å². The molecule has 3 aromatic rings. The van der Waals surface area contributed by atoms with Crippen LogP contribution in [0, 0.1) is 0 Å². The third-order valence-electron chi connectivity index (χ3n) is 4.09. The Bertz CT molecular complexity index is 1090. The van der Waals surface area contributed by atoms with Crippen molar-refractivity contribution in [2.24, 2.45) is 0 Å². The highest BCUT2D eigenvalue weighted by Gasteiger charge is 2.15. The van der Waals surface area contributed by atoms with Gasteiger partial charge in [-0.2, -0.15) is 5.10 Å². The van der Waals surface area contributed by atoms with Gasteiger partial charge in [0.05, 0.1) is 22.8 Å². The van der Waals surface area contributed by atoms with Crippen molar-refractivity contribution in [3.05, 3.63) is 69.6 Å². The Morgan fingerprint density at radius 1 is 1.18 bits per heavy atom. The molecule has 0 fully saturated rings. The minimum absolute atomic E-state index is 0.278. The van der Waals surface area contributed by atoms with E-state index >= 15 is 0 Å². The van der Waals surface area contributed by atoms with Crippen molar-refractivity contribution < 1.29 is 9.59 Å². The Morgan fingerprint density at radius 2 is 1.96 bits per heavy atom. The van der Waals surface area contributed by atoms with Crippen LogP contribution in [-0.2, 0) is 11.3 Å². The van der Waals surface area contributed by atoms with Gasteiger partial charge in [0.15, 0.2) is 0 Å². The lowest BCUT2D eigenvalue weighted by atomic mass is 10.1. The van der Waals surface area contributed by atoms with Crippen LogP contribution in [0.5, 0.6) is 0 Å². The van der Waals surface area contributed by atoms with Gasteiger partial charge in [-0.25, -0.2) is 4.68 Å². The Kier molecular flexibility index (Phi) is 6.06. The molecule has 7 nitrogen and oxygen atoms in total. The fourth-order valence-corrected chi connectivity index (χ4v) is 2.89. The molecule has 2 amide bonds. The molecule has 0 aliphatic carbocycles. The van der Waals surface area contributed by atoms with Crippen LogP contribution < -0.4 is 16.2 Å². The van der Waals surface area contributed by atoms with Crippen LogP contribution in [0.15, 0.2) is 53.5 Å². The van der Waals surface area contributed by atoms with Crippen molar-refractivity contribution in [2.75, 3.05) is 11.9 Å². The molecule has 2 N–H and O–H groups in total. The summed E-state index contributed by atoms with van der Waals surface area (Å²) >= 11 is 6.01. The monoisotopic (exact) mass is 398 g/mol. The SMILES string of the molecule is CCCNC(=O)c1ccc(Cl)cc1NC(=O)Cn1ncc2ccccc2c1=O. The van der Waals surface area contributed by atoms with Gasteiger partial charge < -0.3 is 10.6 Å². The van der Waals surface area contributed by atoms with Gasteiger partial charge in [0.25, 0.3) is 11.5 Å². The predicted octanol–water partition coefficient (Wildman–Crippen LogP) is 2.83. The third kappa shape index (κ3) is 4.37. The first-order valence-electron chi connectivity index (χ1n) is 8.82. The third-order valence-corrected chi connectivity index (χ3v) is 4.33. The zero-order valence-corrected chi connectivity index (χ0v) is 16.0. The van der Waals surface area contributed by atoms with E-state index < -0.39 is 5.91 Å². The molecule has 28 heavy (non-hydrogen) atoms. The molecule has 1 heterocycles. The summed E-state index contributed by atoms with van der Waals surface area (Å²) in [5.74, 6) is -0.800. The van der Waals surface area contributed by atoms with E-state index in [-0.39, 0.29) is 23.7 Å². The zero-order valence-electron chi connectivity index (χ0n) is 15.2. The molecule has 144 valence electrons. The second kappa shape index (κ2) is 8.67. The standard InChI is InChI=1S/C20H19ClN4O3/c1-2-9-22-19(27)16-8-7-14(21)10-17(16)24-18(26)12-25-20(28)15-6-4-3-5-13(15)11-23-25/h3-8,10-11H,2,9,12H2,1H3,(H,22,27)(H,24,26). The molecule has 0 unspecified atom stereocenters.